The Hall–Kier alpha value is -1.93. The third-order valence-corrected chi connectivity index (χ3v) is 5.72. The number of anilines is 3. The Balaban J connectivity index is 1.58. The number of hydrogen-bond donors (Lipinski definition) is 2. The monoisotopic (exact) mass is 374 g/mol. The normalized spacial score (nSPS) is 20.8. The number of rotatable bonds is 4. The lowest BCUT2D eigenvalue weighted by atomic mass is 9.93. The minimum Gasteiger partial charge on any atom is -0.365 e. The van der Waals surface area contributed by atoms with Gasteiger partial charge in [-0.15, -0.1) is 0 Å². The Morgan fingerprint density at radius 2 is 1.73 bits per heavy atom. The highest BCUT2D eigenvalue weighted by molar-refractivity contribution is 6.32. The van der Waals surface area contributed by atoms with Crippen molar-refractivity contribution in [2.45, 2.75) is 31.7 Å². The molecular formula is C17H23ClN8. The maximum absolute atomic E-state index is 6.43. The van der Waals surface area contributed by atoms with Gasteiger partial charge < -0.3 is 20.4 Å². The highest BCUT2D eigenvalue weighted by atomic mass is 35.5. The van der Waals surface area contributed by atoms with E-state index in [1.807, 2.05) is 0 Å². The molecule has 2 aliphatic heterocycles. The Kier molecular flexibility index (Phi) is 4.17. The summed E-state index contributed by atoms with van der Waals surface area (Å²) in [6.07, 6.45) is 4.75. The fourth-order valence-corrected chi connectivity index (χ4v) is 3.68. The minimum atomic E-state index is 0.407. The van der Waals surface area contributed by atoms with Crippen LogP contribution in [0.2, 0.25) is 5.15 Å². The highest BCUT2D eigenvalue weighted by Crippen LogP contribution is 2.32. The maximum Gasteiger partial charge on any atom is 0.229 e. The van der Waals surface area contributed by atoms with E-state index in [0.717, 1.165) is 63.9 Å². The molecule has 1 saturated carbocycles. The summed E-state index contributed by atoms with van der Waals surface area (Å²) in [7, 11) is 0. The van der Waals surface area contributed by atoms with Crippen LogP contribution in [0.15, 0.2) is 0 Å². The first kappa shape index (κ1) is 16.3. The zero-order valence-corrected chi connectivity index (χ0v) is 15.5. The fraction of sp³-hybridized carbons (Fsp3) is 0.647. The van der Waals surface area contributed by atoms with Gasteiger partial charge in [-0.05, 0) is 25.7 Å². The first-order valence-electron chi connectivity index (χ1n) is 9.50. The average Bonchev–Trinajstić information content (AvgIpc) is 2.58. The minimum absolute atomic E-state index is 0.407. The summed E-state index contributed by atoms with van der Waals surface area (Å²) in [5, 5.41) is 7.19. The van der Waals surface area contributed by atoms with Crippen LogP contribution in [0.25, 0.3) is 11.2 Å². The smallest absolute Gasteiger partial charge is 0.229 e. The predicted octanol–water partition coefficient (Wildman–Crippen LogP) is 1.66. The molecule has 3 aliphatic rings. The molecule has 4 heterocycles. The summed E-state index contributed by atoms with van der Waals surface area (Å²) in [6, 6.07) is 0.448. The van der Waals surface area contributed by atoms with Crippen molar-refractivity contribution < 1.29 is 0 Å². The molecule has 2 saturated heterocycles. The van der Waals surface area contributed by atoms with Crippen molar-refractivity contribution in [2.24, 2.45) is 0 Å². The molecular weight excluding hydrogens is 352 g/mol. The van der Waals surface area contributed by atoms with Gasteiger partial charge in [-0.25, -0.2) is 9.97 Å². The Morgan fingerprint density at radius 3 is 2.38 bits per heavy atom. The van der Waals surface area contributed by atoms with Crippen LogP contribution in [0.3, 0.4) is 0 Å². The number of aromatic nitrogens is 4. The number of nitrogens with one attached hydrogen (secondary N) is 2. The van der Waals surface area contributed by atoms with E-state index in [-0.39, 0.29) is 0 Å². The summed E-state index contributed by atoms with van der Waals surface area (Å²) in [5.74, 6) is 2.25. The zero-order chi connectivity index (χ0) is 17.5. The van der Waals surface area contributed by atoms with Crippen LogP contribution in [0, 0.1) is 0 Å². The number of fused-ring (bicyclic) bond motifs is 1. The molecule has 8 nitrogen and oxygen atoms in total. The summed E-state index contributed by atoms with van der Waals surface area (Å²) >= 11 is 6.43. The number of hydrogen-bond acceptors (Lipinski definition) is 8. The van der Waals surface area contributed by atoms with Gasteiger partial charge in [-0.1, -0.05) is 11.6 Å². The fourth-order valence-electron chi connectivity index (χ4n) is 3.49. The van der Waals surface area contributed by atoms with E-state index in [1.54, 1.807) is 0 Å². The maximum atomic E-state index is 6.43. The molecule has 3 fully saturated rings. The van der Waals surface area contributed by atoms with Gasteiger partial charge in [0.2, 0.25) is 5.95 Å². The SMILES string of the molecule is Clc1nc2c(N3CCC3)nc(N3CCNCC3)nc2nc1NC1CCC1. The molecule has 0 amide bonds. The first-order valence-corrected chi connectivity index (χ1v) is 9.88. The van der Waals surface area contributed by atoms with Gasteiger partial charge in [-0.3, -0.25) is 0 Å². The molecule has 0 bridgehead atoms. The van der Waals surface area contributed by atoms with Crippen LogP contribution >= 0.6 is 11.6 Å². The average molecular weight is 375 g/mol. The van der Waals surface area contributed by atoms with Gasteiger partial charge in [0.15, 0.2) is 28.0 Å². The van der Waals surface area contributed by atoms with Crippen molar-refractivity contribution in [1.29, 1.82) is 0 Å². The lowest BCUT2D eigenvalue weighted by Crippen LogP contribution is -2.45. The Morgan fingerprint density at radius 1 is 0.923 bits per heavy atom. The molecule has 0 spiro atoms. The van der Waals surface area contributed by atoms with Crippen molar-refractivity contribution in [1.82, 2.24) is 25.3 Å². The molecule has 2 N–H and O–H groups in total. The van der Waals surface area contributed by atoms with Gasteiger partial charge in [-0.2, -0.15) is 9.97 Å². The molecule has 9 heteroatoms. The number of piperazine rings is 1. The van der Waals surface area contributed by atoms with Crippen molar-refractivity contribution in [3.63, 3.8) is 0 Å². The molecule has 0 atom stereocenters. The summed E-state index contributed by atoms with van der Waals surface area (Å²) in [5.41, 5.74) is 1.33. The lowest BCUT2D eigenvalue weighted by Gasteiger charge is -2.34. The van der Waals surface area contributed by atoms with Crippen molar-refractivity contribution in [3.05, 3.63) is 5.15 Å². The molecule has 0 aromatic carbocycles. The van der Waals surface area contributed by atoms with Crippen LogP contribution in [0.4, 0.5) is 17.6 Å². The number of nitrogens with zero attached hydrogens (tertiary/aromatic N) is 6. The van der Waals surface area contributed by atoms with Crippen molar-refractivity contribution in [3.8, 4) is 0 Å². The van der Waals surface area contributed by atoms with Crippen molar-refractivity contribution in [2.75, 3.05) is 54.4 Å². The van der Waals surface area contributed by atoms with Gasteiger partial charge >= 0.3 is 0 Å². The summed E-state index contributed by atoms with van der Waals surface area (Å²) in [6.45, 7) is 5.68. The van der Waals surface area contributed by atoms with E-state index >= 15 is 0 Å². The van der Waals surface area contributed by atoms with E-state index < -0.39 is 0 Å². The molecule has 1 aliphatic carbocycles. The van der Waals surface area contributed by atoms with Crippen LogP contribution in [0.1, 0.15) is 25.7 Å². The van der Waals surface area contributed by atoms with E-state index in [1.165, 1.54) is 12.8 Å². The van der Waals surface area contributed by atoms with Gasteiger partial charge in [0.25, 0.3) is 0 Å². The van der Waals surface area contributed by atoms with Crippen LogP contribution in [0.5, 0.6) is 0 Å². The summed E-state index contributed by atoms with van der Waals surface area (Å²) in [4.78, 5) is 23.4. The van der Waals surface area contributed by atoms with E-state index in [2.05, 4.69) is 25.4 Å². The molecule has 26 heavy (non-hydrogen) atoms. The summed E-state index contributed by atoms with van der Waals surface area (Å²) < 4.78 is 0. The largest absolute Gasteiger partial charge is 0.365 e. The first-order chi connectivity index (χ1) is 12.8. The molecule has 2 aromatic heterocycles. The van der Waals surface area contributed by atoms with Crippen LogP contribution < -0.4 is 20.4 Å². The standard InChI is InChI=1S/C17H23ClN8/c18-13-15(20-11-3-1-4-11)22-14-12(21-13)16(25-7-2-8-25)24-17(23-14)26-9-5-19-6-10-26/h11,19H,1-10H2,(H,20,22,23,24). The zero-order valence-electron chi connectivity index (χ0n) is 14.7. The Bertz CT molecular complexity index is 814. The molecule has 2 aromatic rings. The number of halogens is 1. The Labute approximate surface area is 157 Å². The van der Waals surface area contributed by atoms with Gasteiger partial charge in [0.1, 0.15) is 0 Å². The van der Waals surface area contributed by atoms with Crippen LogP contribution in [-0.2, 0) is 0 Å². The van der Waals surface area contributed by atoms with E-state index in [0.29, 0.717) is 28.2 Å². The van der Waals surface area contributed by atoms with Crippen LogP contribution in [-0.4, -0.2) is 65.2 Å². The molecule has 0 unspecified atom stereocenters. The second kappa shape index (κ2) is 6.66. The van der Waals surface area contributed by atoms with Crippen molar-refractivity contribution >= 4 is 40.3 Å². The van der Waals surface area contributed by atoms with E-state index in [4.69, 9.17) is 26.6 Å². The lowest BCUT2D eigenvalue weighted by molar-refractivity contribution is 0.444. The third kappa shape index (κ3) is 2.91. The third-order valence-electron chi connectivity index (χ3n) is 5.46. The topological polar surface area (TPSA) is 82.1 Å². The second-order valence-electron chi connectivity index (χ2n) is 7.23. The highest BCUT2D eigenvalue weighted by Gasteiger charge is 2.26. The van der Waals surface area contributed by atoms with Gasteiger partial charge in [0, 0.05) is 45.3 Å². The second-order valence-corrected chi connectivity index (χ2v) is 7.59. The van der Waals surface area contributed by atoms with Gasteiger partial charge in [0.05, 0.1) is 0 Å². The predicted molar refractivity (Wildman–Crippen MR) is 103 cm³/mol. The molecule has 5 rings (SSSR count). The molecule has 0 radical (unpaired) electrons. The quantitative estimate of drug-likeness (QED) is 0.836. The molecule has 138 valence electrons. The van der Waals surface area contributed by atoms with E-state index in [9.17, 15) is 0 Å².